The van der Waals surface area contributed by atoms with E-state index in [2.05, 4.69) is 20.6 Å². The molecule has 1 aromatic carbocycles. The first-order valence-electron chi connectivity index (χ1n) is 7.68. The zero-order valence-electron chi connectivity index (χ0n) is 14.0. The number of benzene rings is 1. The number of aromatic nitrogens is 1. The number of nitrogens with zero attached hydrogens (tertiary/aromatic N) is 3. The number of nitro groups is 1. The number of hydrogen-bond acceptors (Lipinski definition) is 5. The largest absolute Gasteiger partial charge is 0.357 e. The summed E-state index contributed by atoms with van der Waals surface area (Å²) in [6.07, 6.45) is 0. The molecule has 0 bridgehead atoms. The Kier molecular flexibility index (Phi) is 6.25. The third kappa shape index (κ3) is 4.76. The van der Waals surface area contributed by atoms with Crippen molar-refractivity contribution < 1.29 is 4.92 Å². The second-order valence-corrected chi connectivity index (χ2v) is 6.46. The molecule has 8 heteroatoms. The number of para-hydroxylation sites is 1. The zero-order chi connectivity index (χ0) is 17.5. The van der Waals surface area contributed by atoms with Gasteiger partial charge in [-0.25, -0.2) is 9.98 Å². The number of aryl methyl sites for hydroxylation is 2. The smallest absolute Gasteiger partial charge is 0.274 e. The van der Waals surface area contributed by atoms with Gasteiger partial charge < -0.3 is 10.6 Å². The van der Waals surface area contributed by atoms with Crippen molar-refractivity contribution >= 4 is 23.0 Å². The molecule has 0 amide bonds. The third-order valence-electron chi connectivity index (χ3n) is 3.36. The van der Waals surface area contributed by atoms with E-state index in [9.17, 15) is 10.1 Å². The van der Waals surface area contributed by atoms with Crippen LogP contribution in [0, 0.1) is 24.0 Å². The number of hydrogen-bond donors (Lipinski definition) is 2. The van der Waals surface area contributed by atoms with Gasteiger partial charge in [0.15, 0.2) is 5.96 Å². The lowest BCUT2D eigenvalue weighted by atomic mass is 10.2. The lowest BCUT2D eigenvalue weighted by molar-refractivity contribution is -0.385. The summed E-state index contributed by atoms with van der Waals surface area (Å²) >= 11 is 1.65. The van der Waals surface area contributed by atoms with Gasteiger partial charge in [0.25, 0.3) is 5.69 Å². The molecule has 0 aliphatic carbocycles. The highest BCUT2D eigenvalue weighted by Gasteiger charge is 2.12. The summed E-state index contributed by atoms with van der Waals surface area (Å²) in [5.74, 6) is 0.626. The van der Waals surface area contributed by atoms with E-state index in [1.165, 1.54) is 6.07 Å². The zero-order valence-corrected chi connectivity index (χ0v) is 14.8. The molecule has 1 aromatic heterocycles. The van der Waals surface area contributed by atoms with E-state index in [0.29, 0.717) is 24.6 Å². The lowest BCUT2D eigenvalue weighted by Crippen LogP contribution is -2.36. The van der Waals surface area contributed by atoms with E-state index in [0.717, 1.165) is 15.6 Å². The van der Waals surface area contributed by atoms with Crippen LogP contribution in [0.1, 0.15) is 28.1 Å². The molecule has 0 aliphatic rings. The fourth-order valence-electron chi connectivity index (χ4n) is 2.23. The maximum Gasteiger partial charge on any atom is 0.274 e. The van der Waals surface area contributed by atoms with E-state index in [4.69, 9.17) is 0 Å². The summed E-state index contributed by atoms with van der Waals surface area (Å²) in [7, 11) is 0. The summed E-state index contributed by atoms with van der Waals surface area (Å²) in [6, 6.07) is 6.65. The maximum atomic E-state index is 11.1. The van der Waals surface area contributed by atoms with Gasteiger partial charge >= 0.3 is 0 Å². The van der Waals surface area contributed by atoms with Crippen LogP contribution in [-0.2, 0) is 13.1 Å². The van der Waals surface area contributed by atoms with Gasteiger partial charge in [-0.15, -0.1) is 11.3 Å². The topological polar surface area (TPSA) is 92.5 Å². The molecule has 0 unspecified atom stereocenters. The van der Waals surface area contributed by atoms with Crippen molar-refractivity contribution in [1.82, 2.24) is 15.6 Å². The quantitative estimate of drug-likeness (QED) is 0.363. The van der Waals surface area contributed by atoms with Gasteiger partial charge in [-0.1, -0.05) is 18.2 Å². The minimum Gasteiger partial charge on any atom is -0.357 e. The Morgan fingerprint density at radius 2 is 2.08 bits per heavy atom. The standard InChI is InChI=1S/C16H21N5O2S/c1-4-17-16(19-10-15-11(2)20-12(3)24-15)18-9-13-7-5-6-8-14(13)21(22)23/h5-8H,4,9-10H2,1-3H3,(H2,17,18,19). The summed E-state index contributed by atoms with van der Waals surface area (Å²) in [4.78, 5) is 20.7. The molecule has 0 saturated heterocycles. The molecular weight excluding hydrogens is 326 g/mol. The van der Waals surface area contributed by atoms with Gasteiger partial charge in [0, 0.05) is 17.5 Å². The molecule has 2 N–H and O–H groups in total. The molecular formula is C16H21N5O2S. The van der Waals surface area contributed by atoms with E-state index >= 15 is 0 Å². The summed E-state index contributed by atoms with van der Waals surface area (Å²) in [5.41, 5.74) is 1.69. The van der Waals surface area contributed by atoms with Gasteiger partial charge in [-0.3, -0.25) is 10.1 Å². The van der Waals surface area contributed by atoms with Crippen molar-refractivity contribution in [3.63, 3.8) is 0 Å². The van der Waals surface area contributed by atoms with E-state index < -0.39 is 0 Å². The second kappa shape index (κ2) is 8.39. The Morgan fingerprint density at radius 3 is 2.71 bits per heavy atom. The second-order valence-electron chi connectivity index (χ2n) is 5.18. The Balaban J connectivity index is 2.08. The number of nitrogens with one attached hydrogen (secondary N) is 2. The highest BCUT2D eigenvalue weighted by atomic mass is 32.1. The van der Waals surface area contributed by atoms with Crippen molar-refractivity contribution in [3.8, 4) is 0 Å². The van der Waals surface area contributed by atoms with Crippen molar-refractivity contribution in [3.05, 3.63) is 55.5 Å². The Morgan fingerprint density at radius 1 is 1.33 bits per heavy atom. The van der Waals surface area contributed by atoms with Crippen LogP contribution in [0.5, 0.6) is 0 Å². The Hall–Kier alpha value is -2.48. The number of guanidine groups is 1. The molecule has 0 radical (unpaired) electrons. The monoisotopic (exact) mass is 347 g/mol. The van der Waals surface area contributed by atoms with Gasteiger partial charge in [-0.05, 0) is 20.8 Å². The predicted octanol–water partition coefficient (Wildman–Crippen LogP) is 2.92. The molecule has 0 atom stereocenters. The normalized spacial score (nSPS) is 11.4. The van der Waals surface area contributed by atoms with Gasteiger partial charge in [-0.2, -0.15) is 0 Å². The molecule has 0 aliphatic heterocycles. The molecule has 0 spiro atoms. The Bertz CT molecular complexity index is 742. The van der Waals surface area contributed by atoms with Crippen LogP contribution >= 0.6 is 11.3 Å². The fourth-order valence-corrected chi connectivity index (χ4v) is 3.11. The number of rotatable bonds is 6. The van der Waals surface area contributed by atoms with Gasteiger partial charge in [0.2, 0.25) is 0 Å². The van der Waals surface area contributed by atoms with Crippen molar-refractivity contribution in [2.45, 2.75) is 33.9 Å². The minimum absolute atomic E-state index is 0.0889. The van der Waals surface area contributed by atoms with Crippen molar-refractivity contribution in [1.29, 1.82) is 0 Å². The van der Waals surface area contributed by atoms with Crippen LogP contribution in [-0.4, -0.2) is 22.4 Å². The van der Waals surface area contributed by atoms with Crippen LogP contribution in [0.4, 0.5) is 5.69 Å². The molecule has 128 valence electrons. The number of nitro benzene ring substituents is 1. The molecule has 2 aromatic rings. The van der Waals surface area contributed by atoms with Gasteiger partial charge in [0.05, 0.1) is 34.3 Å². The minimum atomic E-state index is -0.380. The van der Waals surface area contributed by atoms with Crippen LogP contribution < -0.4 is 10.6 Å². The van der Waals surface area contributed by atoms with Crippen LogP contribution in [0.3, 0.4) is 0 Å². The van der Waals surface area contributed by atoms with E-state index in [1.807, 2.05) is 20.8 Å². The lowest BCUT2D eigenvalue weighted by Gasteiger charge is -2.10. The third-order valence-corrected chi connectivity index (χ3v) is 4.43. The van der Waals surface area contributed by atoms with Crippen LogP contribution in [0.25, 0.3) is 0 Å². The molecule has 0 saturated carbocycles. The fraction of sp³-hybridized carbons (Fsp3) is 0.375. The summed E-state index contributed by atoms with van der Waals surface area (Å²) in [6.45, 7) is 7.52. The van der Waals surface area contributed by atoms with Crippen LogP contribution in [0.2, 0.25) is 0 Å². The first-order valence-corrected chi connectivity index (χ1v) is 8.50. The highest BCUT2D eigenvalue weighted by Crippen LogP contribution is 2.18. The Labute approximate surface area is 145 Å². The molecule has 2 rings (SSSR count). The average Bonchev–Trinajstić information content (AvgIpc) is 2.88. The summed E-state index contributed by atoms with van der Waals surface area (Å²) in [5, 5.41) is 18.5. The van der Waals surface area contributed by atoms with Crippen LogP contribution in [0.15, 0.2) is 29.3 Å². The summed E-state index contributed by atoms with van der Waals surface area (Å²) < 4.78 is 0. The number of aliphatic imine (C=N–C) groups is 1. The number of thiazole rings is 1. The predicted molar refractivity (Wildman–Crippen MR) is 96.3 cm³/mol. The SMILES string of the molecule is CCNC(=NCc1ccccc1[N+](=O)[O-])NCc1sc(C)nc1C. The highest BCUT2D eigenvalue weighted by molar-refractivity contribution is 7.11. The first kappa shape index (κ1) is 17.9. The molecule has 7 nitrogen and oxygen atoms in total. The molecule has 0 fully saturated rings. The maximum absolute atomic E-state index is 11.1. The average molecular weight is 347 g/mol. The van der Waals surface area contributed by atoms with Crippen molar-refractivity contribution in [2.24, 2.45) is 4.99 Å². The van der Waals surface area contributed by atoms with Crippen molar-refractivity contribution in [2.75, 3.05) is 6.54 Å². The molecule has 1 heterocycles. The van der Waals surface area contributed by atoms with Gasteiger partial charge in [0.1, 0.15) is 0 Å². The molecule has 24 heavy (non-hydrogen) atoms. The van der Waals surface area contributed by atoms with E-state index in [1.54, 1.807) is 29.5 Å². The van der Waals surface area contributed by atoms with E-state index in [-0.39, 0.29) is 17.2 Å². The first-order chi connectivity index (χ1) is 11.5.